The van der Waals surface area contributed by atoms with E-state index in [1.165, 1.54) is 10.3 Å². The molecule has 122 valence electrons. The Bertz CT molecular complexity index is 900. The second-order valence-electron chi connectivity index (χ2n) is 6.15. The lowest BCUT2D eigenvalue weighted by molar-refractivity contribution is -0.119. The molecule has 0 aliphatic carbocycles. The van der Waals surface area contributed by atoms with Crippen LogP contribution in [0.3, 0.4) is 0 Å². The van der Waals surface area contributed by atoms with Crippen molar-refractivity contribution in [1.82, 2.24) is 4.57 Å². The number of fused-ring (bicyclic) bond motifs is 2. The predicted octanol–water partition coefficient (Wildman–Crippen LogP) is 4.48. The molecule has 0 spiro atoms. The summed E-state index contributed by atoms with van der Waals surface area (Å²) in [6, 6.07) is 18.6. The summed E-state index contributed by atoms with van der Waals surface area (Å²) in [6.07, 6.45) is 1.02. The molecule has 0 saturated heterocycles. The molecule has 0 N–H and O–H groups in total. The maximum Gasteiger partial charge on any atom is 0.246 e. The zero-order chi connectivity index (χ0) is 16.5. The minimum atomic E-state index is 0.161. The van der Waals surface area contributed by atoms with Crippen LogP contribution >= 0.6 is 11.8 Å². The van der Waals surface area contributed by atoms with Gasteiger partial charge in [0.25, 0.3) is 0 Å². The van der Waals surface area contributed by atoms with Crippen LogP contribution in [0, 0.1) is 6.92 Å². The van der Waals surface area contributed by atoms with E-state index in [0.717, 1.165) is 35.6 Å². The van der Waals surface area contributed by atoms with Crippen LogP contribution in [-0.2, 0) is 11.3 Å². The highest BCUT2D eigenvalue weighted by Gasteiger charge is 2.22. The van der Waals surface area contributed by atoms with Crippen molar-refractivity contribution >= 4 is 34.3 Å². The molecule has 0 unspecified atom stereocenters. The van der Waals surface area contributed by atoms with Gasteiger partial charge in [0, 0.05) is 22.7 Å². The van der Waals surface area contributed by atoms with E-state index in [4.69, 9.17) is 0 Å². The van der Waals surface area contributed by atoms with Crippen LogP contribution in [0.25, 0.3) is 10.9 Å². The van der Waals surface area contributed by atoms with Crippen molar-refractivity contribution in [3.63, 3.8) is 0 Å². The average Bonchev–Trinajstić information content (AvgIpc) is 2.79. The van der Waals surface area contributed by atoms with Gasteiger partial charge in [-0.1, -0.05) is 30.3 Å². The number of amides is 1. The SMILES string of the molecule is Cc1cc2ccccc2n1CC(=O)N1CCCSc2ccccc21. The zero-order valence-electron chi connectivity index (χ0n) is 13.7. The molecule has 0 fully saturated rings. The number of thioether (sulfide) groups is 1. The summed E-state index contributed by atoms with van der Waals surface area (Å²) >= 11 is 1.84. The smallest absolute Gasteiger partial charge is 0.246 e. The largest absolute Gasteiger partial charge is 0.335 e. The van der Waals surface area contributed by atoms with E-state index in [2.05, 4.69) is 41.8 Å². The van der Waals surface area contributed by atoms with Crippen LogP contribution in [-0.4, -0.2) is 22.8 Å². The zero-order valence-corrected chi connectivity index (χ0v) is 14.6. The van der Waals surface area contributed by atoms with Gasteiger partial charge in [-0.25, -0.2) is 0 Å². The molecule has 1 aromatic heterocycles. The summed E-state index contributed by atoms with van der Waals surface area (Å²) in [5.74, 6) is 1.22. The van der Waals surface area contributed by atoms with Crippen molar-refractivity contribution < 1.29 is 4.79 Å². The Hall–Kier alpha value is -2.20. The van der Waals surface area contributed by atoms with Crippen LogP contribution in [0.5, 0.6) is 0 Å². The normalized spacial score (nSPS) is 14.5. The van der Waals surface area contributed by atoms with Crippen LogP contribution < -0.4 is 4.90 Å². The van der Waals surface area contributed by atoms with Gasteiger partial charge in [-0.05, 0) is 48.7 Å². The van der Waals surface area contributed by atoms with Gasteiger partial charge in [0.2, 0.25) is 5.91 Å². The first kappa shape index (κ1) is 15.3. The number of hydrogen-bond donors (Lipinski definition) is 0. The van der Waals surface area contributed by atoms with Gasteiger partial charge in [-0.3, -0.25) is 4.79 Å². The van der Waals surface area contributed by atoms with Crippen LogP contribution in [0.15, 0.2) is 59.5 Å². The molecule has 24 heavy (non-hydrogen) atoms. The maximum absolute atomic E-state index is 13.1. The monoisotopic (exact) mass is 336 g/mol. The van der Waals surface area contributed by atoms with Crippen LogP contribution in [0.2, 0.25) is 0 Å². The highest BCUT2D eigenvalue weighted by atomic mass is 32.2. The molecule has 3 aromatic rings. The number of nitrogens with zero attached hydrogens (tertiary/aromatic N) is 2. The van der Waals surface area contributed by atoms with Crippen molar-refractivity contribution in [2.45, 2.75) is 24.8 Å². The Balaban J connectivity index is 1.68. The first-order chi connectivity index (χ1) is 11.7. The lowest BCUT2D eigenvalue weighted by atomic mass is 10.2. The van der Waals surface area contributed by atoms with Crippen molar-refractivity contribution in [2.75, 3.05) is 17.2 Å². The number of carbonyl (C=O) groups excluding carboxylic acids is 1. The Morgan fingerprint density at radius 2 is 1.92 bits per heavy atom. The van der Waals surface area contributed by atoms with Crippen molar-refractivity contribution in [3.8, 4) is 0 Å². The quantitative estimate of drug-likeness (QED) is 0.689. The topological polar surface area (TPSA) is 25.2 Å². The Labute approximate surface area is 146 Å². The van der Waals surface area contributed by atoms with Gasteiger partial charge >= 0.3 is 0 Å². The van der Waals surface area contributed by atoms with Gasteiger partial charge in [-0.2, -0.15) is 0 Å². The van der Waals surface area contributed by atoms with E-state index in [9.17, 15) is 4.79 Å². The number of carbonyl (C=O) groups is 1. The fourth-order valence-corrected chi connectivity index (χ4v) is 4.36. The van der Waals surface area contributed by atoms with Crippen molar-refractivity contribution in [1.29, 1.82) is 0 Å². The summed E-state index contributed by atoms with van der Waals surface area (Å²) < 4.78 is 2.12. The van der Waals surface area contributed by atoms with E-state index >= 15 is 0 Å². The summed E-state index contributed by atoms with van der Waals surface area (Å²) in [7, 11) is 0. The fourth-order valence-electron chi connectivity index (χ4n) is 3.37. The van der Waals surface area contributed by atoms with Crippen LogP contribution in [0.1, 0.15) is 12.1 Å². The second-order valence-corrected chi connectivity index (χ2v) is 7.28. The third-order valence-corrected chi connectivity index (χ3v) is 5.70. The molecule has 2 heterocycles. The highest BCUT2D eigenvalue weighted by Crippen LogP contribution is 2.33. The van der Waals surface area contributed by atoms with E-state index in [1.54, 1.807) is 0 Å². The lowest BCUT2D eigenvalue weighted by Crippen LogP contribution is -2.34. The van der Waals surface area contributed by atoms with Crippen LogP contribution in [0.4, 0.5) is 5.69 Å². The Morgan fingerprint density at radius 1 is 1.12 bits per heavy atom. The minimum absolute atomic E-state index is 0.161. The van der Waals surface area contributed by atoms with E-state index < -0.39 is 0 Å². The van der Waals surface area contributed by atoms with Gasteiger partial charge in [0.15, 0.2) is 0 Å². The van der Waals surface area contributed by atoms with E-state index in [-0.39, 0.29) is 5.91 Å². The molecule has 3 nitrogen and oxygen atoms in total. The molecule has 1 aliphatic heterocycles. The minimum Gasteiger partial charge on any atom is -0.335 e. The molecular weight excluding hydrogens is 316 g/mol. The molecule has 1 amide bonds. The third-order valence-electron chi connectivity index (χ3n) is 4.55. The standard InChI is InChI=1S/C20H20N2OS/c1-15-13-16-7-2-3-8-17(16)22(15)14-20(23)21-11-6-12-24-19-10-5-4-9-18(19)21/h2-5,7-10,13H,6,11-12,14H2,1H3. The molecule has 4 rings (SSSR count). The molecule has 1 aliphatic rings. The second kappa shape index (κ2) is 6.36. The molecule has 2 aromatic carbocycles. The number of benzene rings is 2. The van der Waals surface area contributed by atoms with Crippen molar-refractivity contribution in [3.05, 3.63) is 60.3 Å². The van der Waals surface area contributed by atoms with E-state index in [0.29, 0.717) is 6.54 Å². The third kappa shape index (κ3) is 2.71. The molecule has 4 heteroatoms. The number of hydrogen-bond acceptors (Lipinski definition) is 2. The number of para-hydroxylation sites is 2. The van der Waals surface area contributed by atoms with Crippen molar-refractivity contribution in [2.24, 2.45) is 0 Å². The summed E-state index contributed by atoms with van der Waals surface area (Å²) in [6.45, 7) is 3.25. The summed E-state index contributed by atoms with van der Waals surface area (Å²) in [5.41, 5.74) is 3.31. The van der Waals surface area contributed by atoms with Gasteiger partial charge in [-0.15, -0.1) is 11.8 Å². The first-order valence-electron chi connectivity index (χ1n) is 8.31. The molecular formula is C20H20N2OS. The van der Waals surface area contributed by atoms with Gasteiger partial charge in [0.1, 0.15) is 6.54 Å². The van der Waals surface area contributed by atoms with Gasteiger partial charge < -0.3 is 9.47 Å². The number of aryl methyl sites for hydroxylation is 1. The molecule has 0 saturated carbocycles. The molecule has 0 atom stereocenters. The summed E-state index contributed by atoms with van der Waals surface area (Å²) in [4.78, 5) is 16.2. The van der Waals surface area contributed by atoms with E-state index in [1.807, 2.05) is 40.9 Å². The molecule has 0 bridgehead atoms. The average molecular weight is 336 g/mol. The summed E-state index contributed by atoms with van der Waals surface area (Å²) in [5, 5.41) is 1.19. The predicted molar refractivity (Wildman–Crippen MR) is 101 cm³/mol. The first-order valence-corrected chi connectivity index (χ1v) is 9.30. The Kier molecular flexibility index (Phi) is 4.07. The maximum atomic E-state index is 13.1. The molecule has 0 radical (unpaired) electrons. The number of rotatable bonds is 2. The highest BCUT2D eigenvalue weighted by molar-refractivity contribution is 7.99. The fraction of sp³-hybridized carbons (Fsp3) is 0.250. The Morgan fingerprint density at radius 3 is 2.83 bits per heavy atom. The number of aromatic nitrogens is 1. The lowest BCUT2D eigenvalue weighted by Gasteiger charge is -2.23. The number of anilines is 1. The van der Waals surface area contributed by atoms with Gasteiger partial charge in [0.05, 0.1) is 5.69 Å².